The number of likely N-dealkylation sites (N-methyl/N-ethyl adjacent to an activating group) is 1. The lowest BCUT2D eigenvalue weighted by atomic mass is 10.1. The number of methoxy groups -OCH3 is 1. The number of ether oxygens (including phenoxy) is 1. The monoisotopic (exact) mass is 300 g/mol. The van der Waals surface area contributed by atoms with Gasteiger partial charge in [-0.3, -0.25) is 0 Å². The zero-order valence-corrected chi connectivity index (χ0v) is 11.9. The van der Waals surface area contributed by atoms with Crippen molar-refractivity contribution in [1.29, 1.82) is 0 Å². The first-order valence-corrected chi connectivity index (χ1v) is 6.13. The van der Waals surface area contributed by atoms with E-state index in [9.17, 15) is 4.79 Å². The number of carbonyl (C=O) groups excluding carboxylic acids is 1. The molecular weight excluding hydrogens is 284 g/mol. The predicted molar refractivity (Wildman–Crippen MR) is 71.5 cm³/mol. The first-order valence-electron chi connectivity index (χ1n) is 5.33. The Morgan fingerprint density at radius 3 is 2.82 bits per heavy atom. The second-order valence-corrected chi connectivity index (χ2v) is 4.60. The van der Waals surface area contributed by atoms with E-state index < -0.39 is 0 Å². The Bertz CT molecular complexity index is 396. The van der Waals surface area contributed by atoms with Crippen LogP contribution in [-0.4, -0.2) is 38.7 Å². The van der Waals surface area contributed by atoms with Crippen molar-refractivity contribution in [3.05, 3.63) is 28.2 Å². The third-order valence-electron chi connectivity index (χ3n) is 2.52. The summed E-state index contributed by atoms with van der Waals surface area (Å²) < 4.78 is 6.29. The molecule has 5 heteroatoms. The molecule has 0 bridgehead atoms. The second-order valence-electron chi connectivity index (χ2n) is 3.68. The van der Waals surface area contributed by atoms with Crippen molar-refractivity contribution in [3.63, 3.8) is 0 Å². The number of rotatable bonds is 4. The van der Waals surface area contributed by atoms with Crippen LogP contribution >= 0.6 is 15.9 Å². The van der Waals surface area contributed by atoms with Gasteiger partial charge in [-0.1, -0.05) is 15.9 Å². The summed E-state index contributed by atoms with van der Waals surface area (Å²) >= 11 is 3.43. The summed E-state index contributed by atoms with van der Waals surface area (Å²) in [5.41, 5.74) is 1.08. The zero-order chi connectivity index (χ0) is 12.8. The van der Waals surface area contributed by atoms with E-state index in [1.807, 2.05) is 18.2 Å². The number of amides is 2. The molecular formula is C12H17BrN2O2. The van der Waals surface area contributed by atoms with Crippen LogP contribution in [0.1, 0.15) is 5.56 Å². The van der Waals surface area contributed by atoms with Gasteiger partial charge in [-0.2, -0.15) is 0 Å². The van der Waals surface area contributed by atoms with E-state index in [-0.39, 0.29) is 6.03 Å². The van der Waals surface area contributed by atoms with Crippen molar-refractivity contribution >= 4 is 22.0 Å². The van der Waals surface area contributed by atoms with Gasteiger partial charge < -0.3 is 15.0 Å². The molecule has 1 rings (SSSR count). The average molecular weight is 301 g/mol. The van der Waals surface area contributed by atoms with E-state index in [2.05, 4.69) is 21.2 Å². The fourth-order valence-electron chi connectivity index (χ4n) is 1.52. The van der Waals surface area contributed by atoms with Crippen LogP contribution in [0.5, 0.6) is 5.75 Å². The Labute approximate surface area is 110 Å². The van der Waals surface area contributed by atoms with Gasteiger partial charge in [-0.25, -0.2) is 4.79 Å². The van der Waals surface area contributed by atoms with Gasteiger partial charge in [0.1, 0.15) is 5.75 Å². The number of benzene rings is 1. The van der Waals surface area contributed by atoms with Crippen molar-refractivity contribution in [3.8, 4) is 5.75 Å². The molecule has 0 unspecified atom stereocenters. The first kappa shape index (κ1) is 13.8. The quantitative estimate of drug-likeness (QED) is 0.927. The lowest BCUT2D eigenvalue weighted by Gasteiger charge is -2.17. The highest BCUT2D eigenvalue weighted by Gasteiger charge is 2.08. The summed E-state index contributed by atoms with van der Waals surface area (Å²) in [6, 6.07) is 5.78. The molecule has 0 aliphatic rings. The second kappa shape index (κ2) is 6.49. The maximum atomic E-state index is 11.3. The molecule has 0 heterocycles. The van der Waals surface area contributed by atoms with E-state index in [1.54, 1.807) is 26.1 Å². The van der Waals surface area contributed by atoms with E-state index in [4.69, 9.17) is 4.74 Å². The molecule has 1 N–H and O–H groups in total. The van der Waals surface area contributed by atoms with Crippen LogP contribution in [0.4, 0.5) is 4.79 Å². The maximum Gasteiger partial charge on any atom is 0.316 e. The minimum absolute atomic E-state index is 0.0843. The summed E-state index contributed by atoms with van der Waals surface area (Å²) in [6.45, 7) is 0.645. The number of hydrogen-bond donors (Lipinski definition) is 1. The molecule has 0 aromatic heterocycles. The van der Waals surface area contributed by atoms with Crippen molar-refractivity contribution < 1.29 is 9.53 Å². The van der Waals surface area contributed by atoms with Gasteiger partial charge in [0.2, 0.25) is 0 Å². The summed E-state index contributed by atoms with van der Waals surface area (Å²) in [5, 5.41) is 2.59. The highest BCUT2D eigenvalue weighted by molar-refractivity contribution is 9.10. The van der Waals surface area contributed by atoms with Gasteiger partial charge in [0.05, 0.1) is 7.11 Å². The van der Waals surface area contributed by atoms with E-state index in [0.717, 1.165) is 22.2 Å². The smallest absolute Gasteiger partial charge is 0.316 e. The van der Waals surface area contributed by atoms with Crippen LogP contribution in [0.15, 0.2) is 22.7 Å². The highest BCUT2D eigenvalue weighted by Crippen LogP contribution is 2.23. The molecule has 17 heavy (non-hydrogen) atoms. The molecule has 2 amide bonds. The molecule has 0 spiro atoms. The van der Waals surface area contributed by atoms with Crippen LogP contribution in [-0.2, 0) is 6.42 Å². The number of nitrogens with zero attached hydrogens (tertiary/aromatic N) is 1. The number of hydrogen-bond acceptors (Lipinski definition) is 2. The lowest BCUT2D eigenvalue weighted by molar-refractivity contribution is 0.211. The summed E-state index contributed by atoms with van der Waals surface area (Å²) in [5.74, 6) is 0.846. The molecule has 0 saturated heterocycles. The van der Waals surface area contributed by atoms with Crippen molar-refractivity contribution in [2.45, 2.75) is 6.42 Å². The maximum absolute atomic E-state index is 11.3. The fraction of sp³-hybridized carbons (Fsp3) is 0.417. The minimum Gasteiger partial charge on any atom is -0.496 e. The van der Waals surface area contributed by atoms with Crippen LogP contribution in [0, 0.1) is 0 Å². The van der Waals surface area contributed by atoms with Crippen molar-refractivity contribution in [2.24, 2.45) is 0 Å². The zero-order valence-electron chi connectivity index (χ0n) is 10.3. The molecule has 94 valence electrons. The Hall–Kier alpha value is -1.23. The van der Waals surface area contributed by atoms with Crippen LogP contribution in [0.25, 0.3) is 0 Å². The largest absolute Gasteiger partial charge is 0.496 e. The topological polar surface area (TPSA) is 41.6 Å². The Morgan fingerprint density at radius 2 is 2.24 bits per heavy atom. The molecule has 0 aliphatic heterocycles. The lowest BCUT2D eigenvalue weighted by Crippen LogP contribution is -2.36. The van der Waals surface area contributed by atoms with Crippen molar-refractivity contribution in [1.82, 2.24) is 10.2 Å². The molecule has 4 nitrogen and oxygen atoms in total. The van der Waals surface area contributed by atoms with E-state index in [0.29, 0.717) is 6.54 Å². The van der Waals surface area contributed by atoms with Gasteiger partial charge >= 0.3 is 6.03 Å². The Balaban J connectivity index is 2.68. The van der Waals surface area contributed by atoms with Gasteiger partial charge in [-0.15, -0.1) is 0 Å². The number of nitrogens with one attached hydrogen (secondary N) is 1. The van der Waals surface area contributed by atoms with Gasteiger partial charge in [0.25, 0.3) is 0 Å². The molecule has 1 aromatic carbocycles. The standard InChI is InChI=1S/C12H17BrN2O2/c1-14-12(16)15(2)7-6-9-8-10(13)4-5-11(9)17-3/h4-5,8H,6-7H2,1-3H3,(H,14,16). The molecule has 1 aromatic rings. The van der Waals surface area contributed by atoms with Gasteiger partial charge in [0, 0.05) is 25.1 Å². The summed E-state index contributed by atoms with van der Waals surface area (Å²) in [6.07, 6.45) is 0.756. The predicted octanol–water partition coefficient (Wildman–Crippen LogP) is 2.27. The summed E-state index contributed by atoms with van der Waals surface area (Å²) in [4.78, 5) is 13.0. The number of urea groups is 1. The average Bonchev–Trinajstić information content (AvgIpc) is 2.35. The molecule has 0 aliphatic carbocycles. The molecule has 0 saturated carbocycles. The Kier molecular flexibility index (Phi) is 5.28. The van der Waals surface area contributed by atoms with Gasteiger partial charge in [-0.05, 0) is 30.2 Å². The highest BCUT2D eigenvalue weighted by atomic mass is 79.9. The third-order valence-corrected chi connectivity index (χ3v) is 3.01. The molecule has 0 radical (unpaired) electrons. The van der Waals surface area contributed by atoms with Crippen molar-refractivity contribution in [2.75, 3.05) is 27.7 Å². The Morgan fingerprint density at radius 1 is 1.53 bits per heavy atom. The fourth-order valence-corrected chi connectivity index (χ4v) is 1.93. The van der Waals surface area contributed by atoms with Gasteiger partial charge in [0.15, 0.2) is 0 Å². The van der Waals surface area contributed by atoms with E-state index in [1.165, 1.54) is 0 Å². The minimum atomic E-state index is -0.0843. The number of carbonyl (C=O) groups is 1. The molecule has 0 atom stereocenters. The van der Waals surface area contributed by atoms with Crippen LogP contribution in [0.2, 0.25) is 0 Å². The normalized spacial score (nSPS) is 9.88. The molecule has 0 fully saturated rings. The number of halogens is 1. The van der Waals surface area contributed by atoms with Crippen LogP contribution < -0.4 is 10.1 Å². The van der Waals surface area contributed by atoms with Crippen LogP contribution in [0.3, 0.4) is 0 Å². The third kappa shape index (κ3) is 3.93. The van der Waals surface area contributed by atoms with E-state index >= 15 is 0 Å². The first-order chi connectivity index (χ1) is 8.08. The SMILES string of the molecule is CNC(=O)N(C)CCc1cc(Br)ccc1OC. The summed E-state index contributed by atoms with van der Waals surface area (Å²) in [7, 11) is 5.04.